The molecule has 1 atom stereocenters. The average molecular weight is 940 g/mol. The van der Waals surface area contributed by atoms with E-state index in [-0.39, 0.29) is 50.7 Å². The molecule has 6 rings (SSSR count). The Morgan fingerprint density at radius 2 is 1.76 bits per heavy atom. The second kappa shape index (κ2) is 26.8. The topological polar surface area (TPSA) is 75.8 Å². The van der Waals surface area contributed by atoms with Gasteiger partial charge < -0.3 is 26.2 Å². The summed E-state index contributed by atoms with van der Waals surface area (Å²) in [4.78, 5) is 17.8. The van der Waals surface area contributed by atoms with Gasteiger partial charge >= 0.3 is 0 Å². The molecule has 1 aromatic heterocycles. The summed E-state index contributed by atoms with van der Waals surface area (Å²) in [5.74, 6) is 0.209. The molecule has 1 aliphatic rings. The van der Waals surface area contributed by atoms with Gasteiger partial charge in [-0.15, -0.1) is 36.7 Å². The average Bonchev–Trinajstić information content (AvgIpc) is 3.67. The van der Waals surface area contributed by atoms with Crippen LogP contribution in [0.3, 0.4) is 0 Å². The summed E-state index contributed by atoms with van der Waals surface area (Å²) in [5.41, 5.74) is 12.1. The first-order valence-corrected chi connectivity index (χ1v) is 23.5. The van der Waals surface area contributed by atoms with Gasteiger partial charge in [0.15, 0.2) is 0 Å². The smallest absolute Gasteiger partial charge is 0.222 e. The summed E-state index contributed by atoms with van der Waals surface area (Å²) >= 11 is 1.85. The normalized spacial score (nSPS) is 12.8. The number of fused-ring (bicyclic) bond motifs is 1. The maximum Gasteiger partial charge on any atom is 0.222 e. The van der Waals surface area contributed by atoms with Crippen LogP contribution in [0.25, 0.3) is 38.6 Å². The number of hydrogen-bond donors (Lipinski definition) is 2. The van der Waals surface area contributed by atoms with Crippen molar-refractivity contribution in [2.24, 2.45) is 0 Å². The molecule has 0 saturated carbocycles. The number of likely N-dealkylation sites (N-methyl/N-ethyl adjacent to an activating group) is 2. The zero-order valence-corrected chi connectivity index (χ0v) is 42.5. The Labute approximate surface area is 408 Å². The Morgan fingerprint density at radius 1 is 1.02 bits per heavy atom. The van der Waals surface area contributed by atoms with Crippen molar-refractivity contribution in [1.82, 2.24) is 20.4 Å². The number of nitrogens with zero attached hydrogens (tertiary/aromatic N) is 4. The van der Waals surface area contributed by atoms with E-state index in [2.05, 4.69) is 133 Å². The third kappa shape index (κ3) is 14.6. The van der Waals surface area contributed by atoms with Crippen molar-refractivity contribution in [3.8, 4) is 11.1 Å². The molecule has 1 aliphatic heterocycles. The monoisotopic (exact) mass is 939 g/mol. The van der Waals surface area contributed by atoms with Crippen LogP contribution in [-0.4, -0.2) is 68.1 Å². The van der Waals surface area contributed by atoms with Gasteiger partial charge in [0.1, 0.15) is 0 Å². The Balaban J connectivity index is 0.00000286. The number of hydrogen-bond acceptors (Lipinski definition) is 5. The number of allylic oxidation sites excluding steroid dienone is 1. The summed E-state index contributed by atoms with van der Waals surface area (Å²) in [7, 11) is 4.14. The van der Waals surface area contributed by atoms with E-state index in [0.29, 0.717) is 13.0 Å². The Hall–Kier alpha value is -3.89. The van der Waals surface area contributed by atoms with Crippen molar-refractivity contribution in [3.63, 3.8) is 0 Å². The first kappa shape index (κ1) is 51.7. The van der Waals surface area contributed by atoms with Gasteiger partial charge in [-0.3, -0.25) is 9.69 Å². The van der Waals surface area contributed by atoms with Crippen LogP contribution in [0, 0.1) is 6.92 Å². The van der Waals surface area contributed by atoms with Crippen LogP contribution in [0.1, 0.15) is 84.7 Å². The zero-order valence-electron chi connectivity index (χ0n) is 38.9. The predicted molar refractivity (Wildman–Crippen MR) is 269 cm³/mol. The van der Waals surface area contributed by atoms with Crippen molar-refractivity contribution < 1.29 is 37.5 Å². The van der Waals surface area contributed by atoms with Crippen molar-refractivity contribution in [1.29, 1.82) is 0 Å². The number of amides is 1. The number of aryl methyl sites for hydroxylation is 3. The second-order valence-corrected chi connectivity index (χ2v) is 17.1. The molecule has 1 unspecified atom stereocenters. The zero-order chi connectivity index (χ0) is 44.4. The minimum atomic E-state index is 0. The van der Waals surface area contributed by atoms with E-state index in [4.69, 9.17) is 10.6 Å². The minimum Gasteiger partial charge on any atom is -0.684 e. The molecule has 2 N–H and O–H groups in total. The molecular formula is C54H70N6OSY-2. The predicted octanol–water partition coefficient (Wildman–Crippen LogP) is 12.5. The van der Waals surface area contributed by atoms with Crippen LogP contribution in [-0.2, 0) is 70.0 Å². The first-order chi connectivity index (χ1) is 30.2. The molecule has 0 spiro atoms. The van der Waals surface area contributed by atoms with Crippen molar-refractivity contribution >= 4 is 39.8 Å². The summed E-state index contributed by atoms with van der Waals surface area (Å²) in [5, 5.41) is 21.8. The minimum absolute atomic E-state index is 0. The van der Waals surface area contributed by atoms with Gasteiger partial charge in [-0.05, 0) is 101 Å². The molecule has 1 radical (unpaired) electrons. The molecule has 333 valence electrons. The molecule has 7 nitrogen and oxygen atoms in total. The van der Waals surface area contributed by atoms with E-state index in [0.717, 1.165) is 88.3 Å². The van der Waals surface area contributed by atoms with Gasteiger partial charge in [-0.2, -0.15) is 0 Å². The van der Waals surface area contributed by atoms with Crippen LogP contribution < -0.4 is 10.6 Å². The molecule has 63 heavy (non-hydrogen) atoms. The molecule has 1 fully saturated rings. The molecule has 5 aromatic rings. The van der Waals surface area contributed by atoms with Gasteiger partial charge in [0.25, 0.3) is 0 Å². The summed E-state index contributed by atoms with van der Waals surface area (Å²) < 4.78 is 0. The third-order valence-electron chi connectivity index (χ3n) is 11.8. The van der Waals surface area contributed by atoms with Crippen LogP contribution in [0.5, 0.6) is 0 Å². The van der Waals surface area contributed by atoms with Crippen LogP contribution in [0.15, 0.2) is 116 Å². The molecule has 0 bridgehead atoms. The Kier molecular flexibility index (Phi) is 22.0. The van der Waals surface area contributed by atoms with Crippen LogP contribution in [0.4, 0.5) is 5.69 Å². The summed E-state index contributed by atoms with van der Waals surface area (Å²) in [6, 6.07) is 29.3. The van der Waals surface area contributed by atoms with Crippen LogP contribution >= 0.6 is 11.3 Å². The second-order valence-electron chi connectivity index (χ2n) is 16.1. The number of nitrogens with one attached hydrogen (secondary N) is 2. The van der Waals surface area contributed by atoms with E-state index in [1.807, 2.05) is 56.2 Å². The molecule has 0 aliphatic carbocycles. The number of carbonyl (C=O) groups excluding carboxylic acids is 1. The molecule has 2 heterocycles. The van der Waals surface area contributed by atoms with Gasteiger partial charge in [-0.1, -0.05) is 143 Å². The quantitative estimate of drug-likeness (QED) is 0.0477. The largest absolute Gasteiger partial charge is 0.684 e. The maximum atomic E-state index is 12.1. The van der Waals surface area contributed by atoms with Crippen LogP contribution in [0.2, 0.25) is 0 Å². The molecule has 1 amide bonds. The molecular weight excluding hydrogens is 870 g/mol. The third-order valence-corrected chi connectivity index (χ3v) is 12.9. The SMILES string of the molecule is C=CCCC(C(=C)NC)N(C)Cc1c(C=C)csc1CCc1ccc(CNCCC[N-]c2cc(-c3cc(C)cc4ccccc34)ccc2C[N-]C2CN(C(=O)CC)C2)cc1.CC.[Y]. The number of thiophene rings is 1. The number of likely N-dealkylation sites (tertiary alicyclic amines) is 1. The van der Waals surface area contributed by atoms with E-state index >= 15 is 0 Å². The van der Waals surface area contributed by atoms with E-state index < -0.39 is 0 Å². The first-order valence-electron chi connectivity index (χ1n) is 22.6. The Morgan fingerprint density at radius 3 is 2.48 bits per heavy atom. The Bertz CT molecular complexity index is 2230. The fraction of sp³-hybridized carbons (Fsp3) is 0.389. The van der Waals surface area contributed by atoms with Gasteiger partial charge in [0, 0.05) is 89.0 Å². The van der Waals surface area contributed by atoms with Crippen molar-refractivity contribution in [3.05, 3.63) is 165 Å². The summed E-state index contributed by atoms with van der Waals surface area (Å²) in [6.07, 6.45) is 9.41. The fourth-order valence-corrected chi connectivity index (χ4v) is 9.17. The van der Waals surface area contributed by atoms with Crippen molar-refractivity contribution in [2.75, 3.05) is 40.3 Å². The number of carbonyl (C=O) groups is 1. The van der Waals surface area contributed by atoms with Gasteiger partial charge in [0.2, 0.25) is 5.91 Å². The standard InChI is InChI=1S/C52H64N6OS.C2H6.Y/c1-8-11-17-50(38(5)53-6)57(7)35-48-41(9-2)36-60-51(48)25-22-39-18-20-40(21-19-39)31-54-26-14-27-55-49-30-43(47-29-37(4)28-42-15-12-13-16-46(42)47)23-24-44(49)32-56-45-33-58(34-45)52(59)10-3;1-2;/h8-9,12-13,15-16,18-21,23-24,28-30,36,45,50,53-54H,1-2,5,10-11,14,17,22,25-27,31-35H2,3-4,6-7H3;1-2H3;/q-2;;. The van der Waals surface area contributed by atoms with E-state index in [9.17, 15) is 4.79 Å². The molecule has 9 heteroatoms. The fourth-order valence-electron chi connectivity index (χ4n) is 8.12. The van der Waals surface area contributed by atoms with Crippen molar-refractivity contribution in [2.45, 2.75) is 97.9 Å². The molecule has 4 aromatic carbocycles. The van der Waals surface area contributed by atoms with Gasteiger partial charge in [0.05, 0.1) is 0 Å². The molecule has 1 saturated heterocycles. The number of benzene rings is 4. The maximum absolute atomic E-state index is 12.1. The van der Waals surface area contributed by atoms with E-state index in [1.54, 1.807) is 0 Å². The van der Waals surface area contributed by atoms with E-state index in [1.165, 1.54) is 54.6 Å². The summed E-state index contributed by atoms with van der Waals surface area (Å²) in [6.45, 7) is 25.8. The van der Waals surface area contributed by atoms with Gasteiger partial charge in [-0.25, -0.2) is 0 Å². The number of rotatable bonds is 24.